The molecule has 112 valence electrons. The molecule has 0 saturated carbocycles. The van der Waals surface area contributed by atoms with Gasteiger partial charge in [0.15, 0.2) is 5.69 Å². The zero-order chi connectivity index (χ0) is 15.6. The van der Waals surface area contributed by atoms with Gasteiger partial charge in [-0.15, -0.1) is 5.10 Å². The first-order valence-corrected chi connectivity index (χ1v) is 7.14. The van der Waals surface area contributed by atoms with Gasteiger partial charge in [-0.2, -0.15) is 0 Å². The molecule has 1 heterocycles. The van der Waals surface area contributed by atoms with Gasteiger partial charge in [0, 0.05) is 5.41 Å². The lowest BCUT2D eigenvalue weighted by Crippen LogP contribution is -2.21. The van der Waals surface area contributed by atoms with Crippen molar-refractivity contribution in [3.8, 4) is 5.69 Å². The molecule has 0 unspecified atom stereocenters. The van der Waals surface area contributed by atoms with Gasteiger partial charge >= 0.3 is 5.97 Å². The standard InChI is InChI=1S/C16H21N3O2/c1-5-8-11-9-6-7-10-12(11)19-14(16(2,3)4)13(15(20)21)17-18-19/h6-7,9-10H,5,8H2,1-4H3,(H,20,21). The molecule has 0 radical (unpaired) electrons. The molecular formula is C16H21N3O2. The number of hydrogen-bond donors (Lipinski definition) is 1. The van der Waals surface area contributed by atoms with E-state index < -0.39 is 5.97 Å². The van der Waals surface area contributed by atoms with E-state index in [-0.39, 0.29) is 11.1 Å². The average Bonchev–Trinajstić information content (AvgIpc) is 2.84. The van der Waals surface area contributed by atoms with E-state index in [4.69, 9.17) is 0 Å². The van der Waals surface area contributed by atoms with Gasteiger partial charge in [-0.05, 0) is 18.1 Å². The van der Waals surface area contributed by atoms with Gasteiger partial charge in [-0.1, -0.05) is 57.5 Å². The van der Waals surface area contributed by atoms with Gasteiger partial charge in [0.2, 0.25) is 0 Å². The Labute approximate surface area is 124 Å². The Morgan fingerprint density at radius 2 is 1.95 bits per heavy atom. The van der Waals surface area contributed by atoms with Crippen LogP contribution in [0.1, 0.15) is 55.9 Å². The van der Waals surface area contributed by atoms with Gasteiger partial charge in [-0.3, -0.25) is 0 Å². The number of aryl methyl sites for hydroxylation is 1. The molecule has 0 amide bonds. The van der Waals surface area contributed by atoms with Crippen LogP contribution in [0, 0.1) is 0 Å². The summed E-state index contributed by atoms with van der Waals surface area (Å²) in [5.74, 6) is -1.04. The molecule has 0 bridgehead atoms. The third-order valence-electron chi connectivity index (χ3n) is 3.32. The molecule has 0 atom stereocenters. The van der Waals surface area contributed by atoms with Crippen LogP contribution < -0.4 is 0 Å². The molecule has 2 rings (SSSR count). The molecule has 1 aromatic carbocycles. The highest BCUT2D eigenvalue weighted by atomic mass is 16.4. The van der Waals surface area contributed by atoms with E-state index in [1.807, 2.05) is 45.0 Å². The van der Waals surface area contributed by atoms with E-state index in [1.165, 1.54) is 0 Å². The van der Waals surface area contributed by atoms with Gasteiger partial charge in [0.1, 0.15) is 0 Å². The number of rotatable bonds is 4. The van der Waals surface area contributed by atoms with Crippen LogP contribution in [0.15, 0.2) is 24.3 Å². The van der Waals surface area contributed by atoms with Gasteiger partial charge in [0.05, 0.1) is 11.4 Å². The Morgan fingerprint density at radius 1 is 1.29 bits per heavy atom. The zero-order valence-electron chi connectivity index (χ0n) is 12.9. The first kappa shape index (κ1) is 15.2. The number of para-hydroxylation sites is 1. The van der Waals surface area contributed by atoms with Crippen LogP contribution in [0.25, 0.3) is 5.69 Å². The molecule has 0 aliphatic rings. The van der Waals surface area contributed by atoms with Crippen molar-refractivity contribution in [1.82, 2.24) is 15.0 Å². The van der Waals surface area contributed by atoms with Crippen LogP contribution in [0.5, 0.6) is 0 Å². The lowest BCUT2D eigenvalue weighted by Gasteiger charge is -2.21. The van der Waals surface area contributed by atoms with E-state index in [2.05, 4.69) is 17.2 Å². The number of aromatic carboxylic acids is 1. The highest BCUT2D eigenvalue weighted by molar-refractivity contribution is 5.87. The number of benzene rings is 1. The predicted molar refractivity (Wildman–Crippen MR) is 81.0 cm³/mol. The van der Waals surface area contributed by atoms with Crippen molar-refractivity contribution in [3.63, 3.8) is 0 Å². The molecule has 5 nitrogen and oxygen atoms in total. The first-order chi connectivity index (χ1) is 9.86. The monoisotopic (exact) mass is 287 g/mol. The number of aromatic nitrogens is 3. The Bertz CT molecular complexity index is 654. The summed E-state index contributed by atoms with van der Waals surface area (Å²) in [5, 5.41) is 17.3. The maximum absolute atomic E-state index is 11.4. The number of carboxylic acid groups (broad SMARTS) is 1. The molecule has 1 aromatic heterocycles. The molecule has 0 aliphatic carbocycles. The molecule has 0 aliphatic heterocycles. The maximum atomic E-state index is 11.4. The normalized spacial score (nSPS) is 11.6. The molecule has 0 saturated heterocycles. The molecule has 5 heteroatoms. The molecular weight excluding hydrogens is 266 g/mol. The van der Waals surface area contributed by atoms with Crippen molar-refractivity contribution in [1.29, 1.82) is 0 Å². The average molecular weight is 287 g/mol. The van der Waals surface area contributed by atoms with E-state index >= 15 is 0 Å². The maximum Gasteiger partial charge on any atom is 0.358 e. The molecule has 21 heavy (non-hydrogen) atoms. The highest BCUT2D eigenvalue weighted by Crippen LogP contribution is 2.28. The van der Waals surface area contributed by atoms with Gasteiger partial charge in [0.25, 0.3) is 0 Å². The predicted octanol–water partition coefficient (Wildman–Crippen LogP) is 3.22. The summed E-state index contributed by atoms with van der Waals surface area (Å²) in [6.07, 6.45) is 1.93. The van der Waals surface area contributed by atoms with Crippen LogP contribution in [0.4, 0.5) is 0 Å². The zero-order valence-corrected chi connectivity index (χ0v) is 12.9. The van der Waals surface area contributed by atoms with Crippen LogP contribution in [0.3, 0.4) is 0 Å². The molecule has 0 fully saturated rings. The number of carbonyl (C=O) groups is 1. The second-order valence-corrected chi connectivity index (χ2v) is 6.13. The van der Waals surface area contributed by atoms with E-state index in [0.29, 0.717) is 5.69 Å². The summed E-state index contributed by atoms with van der Waals surface area (Å²) in [7, 11) is 0. The SMILES string of the molecule is CCCc1ccccc1-n1nnc(C(=O)O)c1C(C)(C)C. The summed E-state index contributed by atoms with van der Waals surface area (Å²) in [6.45, 7) is 8.02. The van der Waals surface area contributed by atoms with Crippen LogP contribution in [-0.2, 0) is 11.8 Å². The minimum atomic E-state index is -1.04. The lowest BCUT2D eigenvalue weighted by molar-refractivity contribution is 0.0687. The Hall–Kier alpha value is -2.17. The van der Waals surface area contributed by atoms with E-state index in [1.54, 1.807) is 4.68 Å². The van der Waals surface area contributed by atoms with Gasteiger partial charge in [-0.25, -0.2) is 9.48 Å². The topological polar surface area (TPSA) is 68.0 Å². The minimum Gasteiger partial charge on any atom is -0.476 e. The largest absolute Gasteiger partial charge is 0.476 e. The number of hydrogen-bond acceptors (Lipinski definition) is 3. The lowest BCUT2D eigenvalue weighted by atomic mass is 9.90. The molecule has 1 N–H and O–H groups in total. The van der Waals surface area contributed by atoms with Crippen molar-refractivity contribution >= 4 is 5.97 Å². The van der Waals surface area contributed by atoms with Crippen molar-refractivity contribution < 1.29 is 9.90 Å². The van der Waals surface area contributed by atoms with Crippen LogP contribution >= 0.6 is 0 Å². The minimum absolute atomic E-state index is 0.0220. The number of carboxylic acids is 1. The summed E-state index contributed by atoms with van der Waals surface area (Å²) in [5.41, 5.74) is 2.33. The second-order valence-electron chi connectivity index (χ2n) is 6.13. The molecule has 0 spiro atoms. The quantitative estimate of drug-likeness (QED) is 0.937. The second kappa shape index (κ2) is 5.68. The fraction of sp³-hybridized carbons (Fsp3) is 0.438. The first-order valence-electron chi connectivity index (χ1n) is 7.14. The Kier molecular flexibility index (Phi) is 4.11. The highest BCUT2D eigenvalue weighted by Gasteiger charge is 2.30. The fourth-order valence-corrected chi connectivity index (χ4v) is 2.47. The summed E-state index contributed by atoms with van der Waals surface area (Å²) >= 11 is 0. The summed E-state index contributed by atoms with van der Waals surface area (Å²) < 4.78 is 1.68. The third-order valence-corrected chi connectivity index (χ3v) is 3.32. The summed E-state index contributed by atoms with van der Waals surface area (Å²) in [4.78, 5) is 11.4. The Morgan fingerprint density at radius 3 is 2.52 bits per heavy atom. The van der Waals surface area contributed by atoms with E-state index in [0.717, 1.165) is 24.1 Å². The van der Waals surface area contributed by atoms with Gasteiger partial charge < -0.3 is 5.11 Å². The third kappa shape index (κ3) is 2.96. The van der Waals surface area contributed by atoms with Crippen molar-refractivity contribution in [3.05, 3.63) is 41.2 Å². The number of nitrogens with zero attached hydrogens (tertiary/aromatic N) is 3. The molecule has 2 aromatic rings. The van der Waals surface area contributed by atoms with Crippen molar-refractivity contribution in [2.24, 2.45) is 0 Å². The van der Waals surface area contributed by atoms with Crippen molar-refractivity contribution in [2.45, 2.75) is 46.0 Å². The van der Waals surface area contributed by atoms with E-state index in [9.17, 15) is 9.90 Å². The Balaban J connectivity index is 2.68. The van der Waals surface area contributed by atoms with Crippen LogP contribution in [0.2, 0.25) is 0 Å². The van der Waals surface area contributed by atoms with Crippen LogP contribution in [-0.4, -0.2) is 26.1 Å². The van der Waals surface area contributed by atoms with Crippen molar-refractivity contribution in [2.75, 3.05) is 0 Å². The summed E-state index contributed by atoms with van der Waals surface area (Å²) in [6, 6.07) is 7.93. The smallest absolute Gasteiger partial charge is 0.358 e. The fourth-order valence-electron chi connectivity index (χ4n) is 2.47.